The van der Waals surface area contributed by atoms with Crippen LogP contribution in [-0.4, -0.2) is 25.8 Å². The number of amides is 1. The number of aryl methyl sites for hydroxylation is 1. The van der Waals surface area contributed by atoms with Crippen molar-refractivity contribution in [3.05, 3.63) is 93.0 Å². The van der Waals surface area contributed by atoms with E-state index in [0.717, 1.165) is 9.87 Å². The number of hydrogen-bond acceptors (Lipinski definition) is 5. The second kappa shape index (κ2) is 9.37. The number of sulfonamides is 1. The van der Waals surface area contributed by atoms with E-state index in [9.17, 15) is 23.3 Å². The van der Waals surface area contributed by atoms with Gasteiger partial charge in [-0.3, -0.25) is 19.2 Å². The molecule has 10 heteroatoms. The van der Waals surface area contributed by atoms with Gasteiger partial charge in [0.15, 0.2) is 0 Å². The molecule has 0 radical (unpaired) electrons. The van der Waals surface area contributed by atoms with Crippen LogP contribution in [0.3, 0.4) is 0 Å². The molecule has 0 aromatic heterocycles. The summed E-state index contributed by atoms with van der Waals surface area (Å²) in [5.41, 5.74) is 1.31. The lowest BCUT2D eigenvalue weighted by Crippen LogP contribution is -2.38. The monoisotopic (exact) mass is 473 g/mol. The number of nitro benzene ring substituents is 1. The molecule has 3 aromatic carbocycles. The number of hydrogen-bond donors (Lipinski definition) is 1. The molecule has 0 fully saturated rings. The highest BCUT2D eigenvalue weighted by Gasteiger charge is 2.28. The van der Waals surface area contributed by atoms with E-state index < -0.39 is 27.4 Å². The second-order valence-corrected chi connectivity index (χ2v) is 9.28. The first kappa shape index (κ1) is 23.2. The molecule has 0 heterocycles. The van der Waals surface area contributed by atoms with Crippen molar-refractivity contribution in [1.82, 2.24) is 0 Å². The van der Waals surface area contributed by atoms with Crippen molar-refractivity contribution < 1.29 is 18.1 Å². The number of benzene rings is 3. The van der Waals surface area contributed by atoms with Crippen LogP contribution < -0.4 is 9.62 Å². The summed E-state index contributed by atoms with van der Waals surface area (Å²) in [7, 11) is -4.10. The fourth-order valence-corrected chi connectivity index (χ4v) is 4.66. The van der Waals surface area contributed by atoms with E-state index in [2.05, 4.69) is 5.32 Å². The Bertz CT molecular complexity index is 1280. The minimum atomic E-state index is -4.10. The van der Waals surface area contributed by atoms with Gasteiger partial charge >= 0.3 is 0 Å². The van der Waals surface area contributed by atoms with Crippen LogP contribution in [0.25, 0.3) is 0 Å². The van der Waals surface area contributed by atoms with E-state index in [0.29, 0.717) is 5.02 Å². The van der Waals surface area contributed by atoms with Crippen LogP contribution in [0, 0.1) is 24.0 Å². The number of halogens is 1. The molecule has 0 aliphatic heterocycles. The zero-order chi connectivity index (χ0) is 23.5. The van der Waals surface area contributed by atoms with E-state index in [1.165, 1.54) is 43.3 Å². The van der Waals surface area contributed by atoms with Crippen LogP contribution in [-0.2, 0) is 14.8 Å². The highest BCUT2D eigenvalue weighted by molar-refractivity contribution is 7.92. The number of nitro groups is 1. The zero-order valence-corrected chi connectivity index (χ0v) is 18.9. The molecule has 0 unspecified atom stereocenters. The molecule has 0 spiro atoms. The molecule has 32 heavy (non-hydrogen) atoms. The molecule has 0 aliphatic rings. The Morgan fingerprint density at radius 1 is 1.06 bits per heavy atom. The average Bonchev–Trinajstić information content (AvgIpc) is 2.76. The molecular formula is C22H20ClN3O5S. The Balaban J connectivity index is 1.98. The summed E-state index contributed by atoms with van der Waals surface area (Å²) in [5.74, 6) is -0.662. The number of carbonyl (C=O) groups excluding carboxylic acids is 1. The maximum atomic E-state index is 13.3. The van der Waals surface area contributed by atoms with Crippen LogP contribution in [0.15, 0.2) is 71.6 Å². The zero-order valence-electron chi connectivity index (χ0n) is 17.3. The summed E-state index contributed by atoms with van der Waals surface area (Å²) in [6.07, 6.45) is 0. The van der Waals surface area contributed by atoms with Gasteiger partial charge in [0.25, 0.3) is 15.7 Å². The Hall–Kier alpha value is -3.43. The summed E-state index contributed by atoms with van der Waals surface area (Å²) in [6, 6.07) is 16.7. The topological polar surface area (TPSA) is 110 Å². The van der Waals surface area contributed by atoms with E-state index in [1.54, 1.807) is 37.3 Å². The third-order valence-corrected chi connectivity index (χ3v) is 7.03. The molecule has 0 atom stereocenters. The number of rotatable bonds is 7. The normalized spacial score (nSPS) is 11.1. The van der Waals surface area contributed by atoms with Gasteiger partial charge in [0, 0.05) is 11.1 Å². The average molecular weight is 474 g/mol. The molecule has 3 rings (SSSR count). The van der Waals surface area contributed by atoms with Crippen LogP contribution in [0.5, 0.6) is 0 Å². The van der Waals surface area contributed by atoms with Crippen molar-refractivity contribution in [3.63, 3.8) is 0 Å². The molecule has 0 aliphatic carbocycles. The summed E-state index contributed by atoms with van der Waals surface area (Å²) in [6.45, 7) is 2.73. The second-order valence-electron chi connectivity index (χ2n) is 7.01. The molecule has 0 bridgehead atoms. The first-order chi connectivity index (χ1) is 15.1. The van der Waals surface area contributed by atoms with Crippen molar-refractivity contribution in [2.24, 2.45) is 0 Å². The number of anilines is 2. The van der Waals surface area contributed by atoms with Gasteiger partial charge in [0.05, 0.1) is 26.8 Å². The quantitative estimate of drug-likeness (QED) is 0.395. The predicted octanol–water partition coefficient (Wildman–Crippen LogP) is 4.70. The van der Waals surface area contributed by atoms with Crippen molar-refractivity contribution >= 4 is 44.6 Å². The lowest BCUT2D eigenvalue weighted by atomic mass is 10.1. The van der Waals surface area contributed by atoms with Gasteiger partial charge in [0.1, 0.15) is 6.54 Å². The van der Waals surface area contributed by atoms with E-state index in [4.69, 9.17) is 11.6 Å². The first-order valence-corrected chi connectivity index (χ1v) is 11.3. The third kappa shape index (κ3) is 4.90. The number of carbonyl (C=O) groups is 1. The van der Waals surface area contributed by atoms with Crippen molar-refractivity contribution in [2.75, 3.05) is 16.2 Å². The van der Waals surface area contributed by atoms with Gasteiger partial charge in [0.2, 0.25) is 5.91 Å². The van der Waals surface area contributed by atoms with Crippen LogP contribution in [0.2, 0.25) is 5.02 Å². The molecule has 1 amide bonds. The third-order valence-electron chi connectivity index (χ3n) is 4.84. The highest BCUT2D eigenvalue weighted by Crippen LogP contribution is 2.29. The molecule has 166 valence electrons. The molecule has 0 saturated heterocycles. The van der Waals surface area contributed by atoms with Crippen LogP contribution in [0.4, 0.5) is 17.1 Å². The van der Waals surface area contributed by atoms with Gasteiger partial charge in [-0.1, -0.05) is 41.9 Å². The first-order valence-electron chi connectivity index (χ1n) is 9.49. The molecule has 3 aromatic rings. The predicted molar refractivity (Wildman–Crippen MR) is 124 cm³/mol. The van der Waals surface area contributed by atoms with Crippen LogP contribution >= 0.6 is 11.6 Å². The minimum absolute atomic E-state index is 0.0102. The van der Waals surface area contributed by atoms with E-state index in [-0.39, 0.29) is 27.5 Å². The van der Waals surface area contributed by atoms with Gasteiger partial charge in [-0.2, -0.15) is 0 Å². The van der Waals surface area contributed by atoms with Crippen molar-refractivity contribution in [3.8, 4) is 0 Å². The maximum absolute atomic E-state index is 13.3. The fraction of sp³-hybridized carbons (Fsp3) is 0.136. The largest absolute Gasteiger partial charge is 0.324 e. The number of nitrogens with one attached hydrogen (secondary N) is 1. The van der Waals surface area contributed by atoms with Gasteiger partial charge in [-0.25, -0.2) is 8.42 Å². The van der Waals surface area contributed by atoms with Gasteiger partial charge in [-0.05, 0) is 49.7 Å². The van der Waals surface area contributed by atoms with Crippen molar-refractivity contribution in [1.29, 1.82) is 0 Å². The van der Waals surface area contributed by atoms with Gasteiger partial charge < -0.3 is 5.32 Å². The Kier molecular flexibility index (Phi) is 6.81. The maximum Gasteiger partial charge on any atom is 0.274 e. The Morgan fingerprint density at radius 2 is 1.75 bits per heavy atom. The lowest BCUT2D eigenvalue weighted by Gasteiger charge is -2.24. The van der Waals surface area contributed by atoms with Crippen molar-refractivity contribution in [2.45, 2.75) is 18.7 Å². The standard InChI is InChI=1S/C22H20ClN3O5S/c1-15-11-12-17(13-19(15)23)25(32(30,31)18-7-4-3-5-8-18)14-22(27)24-20-9-6-10-21(16(20)2)26(28)29/h3-13H,14H2,1-2H3,(H,24,27). The minimum Gasteiger partial charge on any atom is -0.324 e. The number of nitrogens with zero attached hydrogens (tertiary/aromatic N) is 2. The summed E-state index contributed by atoms with van der Waals surface area (Å²) < 4.78 is 27.6. The highest BCUT2D eigenvalue weighted by atomic mass is 35.5. The molecule has 1 N–H and O–H groups in total. The Morgan fingerprint density at radius 3 is 2.38 bits per heavy atom. The fourth-order valence-electron chi connectivity index (χ4n) is 3.05. The van der Waals surface area contributed by atoms with E-state index >= 15 is 0 Å². The smallest absolute Gasteiger partial charge is 0.274 e. The van der Waals surface area contributed by atoms with E-state index in [1.807, 2.05) is 0 Å². The Labute approximate surface area is 190 Å². The molecule has 0 saturated carbocycles. The SMILES string of the molecule is Cc1ccc(N(CC(=O)Nc2cccc([N+](=O)[O-])c2C)S(=O)(=O)c2ccccc2)cc1Cl. The van der Waals surface area contributed by atoms with Crippen LogP contribution in [0.1, 0.15) is 11.1 Å². The van der Waals surface area contributed by atoms with Gasteiger partial charge in [-0.15, -0.1) is 0 Å². The summed E-state index contributed by atoms with van der Waals surface area (Å²) in [4.78, 5) is 23.5. The summed E-state index contributed by atoms with van der Waals surface area (Å²) >= 11 is 6.20. The summed E-state index contributed by atoms with van der Waals surface area (Å²) in [5, 5.41) is 14.1. The molecular weight excluding hydrogens is 454 g/mol. The lowest BCUT2D eigenvalue weighted by molar-refractivity contribution is -0.385. The molecule has 8 nitrogen and oxygen atoms in total.